The van der Waals surface area contributed by atoms with Crippen LogP contribution in [0.15, 0.2) is 18.2 Å². The van der Waals surface area contributed by atoms with E-state index >= 15 is 0 Å². The lowest BCUT2D eigenvalue weighted by molar-refractivity contribution is -0.127. The first-order valence-electron chi connectivity index (χ1n) is 10.7. The van der Waals surface area contributed by atoms with Crippen molar-refractivity contribution in [3.63, 3.8) is 0 Å². The Balaban J connectivity index is 1.40. The predicted molar refractivity (Wildman–Crippen MR) is 109 cm³/mol. The Morgan fingerprint density at radius 3 is 2.52 bits per heavy atom. The van der Waals surface area contributed by atoms with Crippen molar-refractivity contribution in [1.29, 1.82) is 0 Å². The Morgan fingerprint density at radius 2 is 1.89 bits per heavy atom. The lowest BCUT2D eigenvalue weighted by Crippen LogP contribution is -2.49. The zero-order valence-electron chi connectivity index (χ0n) is 17.3. The number of aryl methyl sites for hydroxylation is 1. The molecule has 0 aliphatic carbocycles. The summed E-state index contributed by atoms with van der Waals surface area (Å²) in [5.41, 5.74) is 2.28. The largest absolute Gasteiger partial charge is 0.353 e. The number of piperidine rings is 2. The Labute approximate surface area is 164 Å². The minimum Gasteiger partial charge on any atom is -0.353 e. The fraction of sp³-hybridized carbons (Fsp3) is 0.727. The van der Waals surface area contributed by atoms with Crippen molar-refractivity contribution < 1.29 is 4.79 Å². The lowest BCUT2D eigenvalue weighted by atomic mass is 9.92. The molecule has 0 radical (unpaired) electrons. The van der Waals surface area contributed by atoms with Crippen LogP contribution in [0.5, 0.6) is 0 Å². The third kappa shape index (κ3) is 5.76. The van der Waals surface area contributed by atoms with Crippen LogP contribution in [0, 0.1) is 12.8 Å². The summed E-state index contributed by atoms with van der Waals surface area (Å²) in [6, 6.07) is 7.27. The Hall–Kier alpha value is -1.46. The van der Waals surface area contributed by atoms with Gasteiger partial charge in [-0.05, 0) is 71.2 Å². The van der Waals surface area contributed by atoms with E-state index in [9.17, 15) is 4.79 Å². The molecule has 3 heterocycles. The topological polar surface area (TPSA) is 48.5 Å². The maximum atomic E-state index is 12.3. The van der Waals surface area contributed by atoms with Crippen LogP contribution in [-0.2, 0) is 11.3 Å². The minimum absolute atomic E-state index is 0.211. The van der Waals surface area contributed by atoms with Crippen LogP contribution in [0.4, 0.5) is 0 Å². The second-order valence-electron chi connectivity index (χ2n) is 8.41. The molecule has 1 unspecified atom stereocenters. The van der Waals surface area contributed by atoms with Crippen LogP contribution in [0.25, 0.3) is 0 Å². The molecule has 1 amide bonds. The van der Waals surface area contributed by atoms with Gasteiger partial charge in [0.15, 0.2) is 0 Å². The smallest absolute Gasteiger partial charge is 0.223 e. The van der Waals surface area contributed by atoms with Crippen molar-refractivity contribution >= 4 is 5.91 Å². The molecule has 1 aromatic heterocycles. The maximum Gasteiger partial charge on any atom is 0.223 e. The number of hydrogen-bond donors (Lipinski definition) is 1. The first-order valence-corrected chi connectivity index (χ1v) is 10.7. The van der Waals surface area contributed by atoms with E-state index in [0.29, 0.717) is 12.1 Å². The Morgan fingerprint density at radius 1 is 1.19 bits per heavy atom. The van der Waals surface area contributed by atoms with Gasteiger partial charge in [0.2, 0.25) is 5.91 Å². The lowest BCUT2D eigenvalue weighted by Gasteiger charge is -2.41. The molecule has 1 aromatic rings. The van der Waals surface area contributed by atoms with Crippen molar-refractivity contribution in [3.8, 4) is 0 Å². The molecule has 5 heteroatoms. The molecule has 0 aromatic carbocycles. The quantitative estimate of drug-likeness (QED) is 0.834. The summed E-state index contributed by atoms with van der Waals surface area (Å²) in [6.45, 7) is 11.7. The zero-order valence-corrected chi connectivity index (χ0v) is 17.3. The monoisotopic (exact) mass is 372 g/mol. The molecular formula is C22H36N4O. The summed E-state index contributed by atoms with van der Waals surface area (Å²) in [4.78, 5) is 22.2. The molecule has 0 bridgehead atoms. The Bertz CT molecular complexity index is 604. The molecule has 5 nitrogen and oxygen atoms in total. The van der Waals surface area contributed by atoms with Gasteiger partial charge in [0.1, 0.15) is 0 Å². The summed E-state index contributed by atoms with van der Waals surface area (Å²) in [5, 5.41) is 3.16. The van der Waals surface area contributed by atoms with Crippen LogP contribution < -0.4 is 5.32 Å². The first kappa shape index (κ1) is 20.3. The van der Waals surface area contributed by atoms with Crippen LogP contribution in [0.1, 0.15) is 57.3 Å². The van der Waals surface area contributed by atoms with Gasteiger partial charge in [0.05, 0.1) is 5.69 Å². The molecule has 2 aliphatic heterocycles. The van der Waals surface area contributed by atoms with Gasteiger partial charge in [-0.1, -0.05) is 13.0 Å². The highest BCUT2D eigenvalue weighted by molar-refractivity contribution is 5.79. The molecule has 2 fully saturated rings. The fourth-order valence-electron chi connectivity index (χ4n) is 4.35. The maximum absolute atomic E-state index is 12.3. The molecule has 150 valence electrons. The molecule has 1 N–H and O–H groups in total. The van der Waals surface area contributed by atoms with E-state index < -0.39 is 0 Å². The number of carbonyl (C=O) groups excluding carboxylic acids is 1. The number of hydrogen-bond acceptors (Lipinski definition) is 4. The molecule has 1 atom stereocenters. The standard InChI is InChI=1S/C22H36N4O/c1-4-17(2)24-22(27)19-8-14-26(15-9-19)21-10-12-25(13-11-21)16-20-7-5-6-18(3)23-20/h5-7,17,19,21H,4,8-16H2,1-3H3,(H,24,27). The van der Waals surface area contributed by atoms with E-state index in [-0.39, 0.29) is 11.8 Å². The van der Waals surface area contributed by atoms with Crippen molar-refractivity contribution in [2.75, 3.05) is 26.2 Å². The van der Waals surface area contributed by atoms with E-state index in [1.165, 1.54) is 18.5 Å². The SMILES string of the molecule is CCC(C)NC(=O)C1CCN(C2CCN(Cc3cccc(C)n3)CC2)CC1. The van der Waals surface area contributed by atoms with Gasteiger partial charge in [-0.3, -0.25) is 14.7 Å². The summed E-state index contributed by atoms with van der Waals surface area (Å²) < 4.78 is 0. The molecule has 0 spiro atoms. The molecular weight excluding hydrogens is 336 g/mol. The molecule has 0 saturated carbocycles. The van der Waals surface area contributed by atoms with Crippen molar-refractivity contribution in [2.45, 2.75) is 71.5 Å². The van der Waals surface area contributed by atoms with Gasteiger partial charge >= 0.3 is 0 Å². The normalized spacial score (nSPS) is 21.9. The average molecular weight is 373 g/mol. The van der Waals surface area contributed by atoms with E-state index in [0.717, 1.165) is 57.7 Å². The second kappa shape index (κ2) is 9.65. The average Bonchev–Trinajstić information content (AvgIpc) is 2.68. The van der Waals surface area contributed by atoms with Crippen LogP contribution in [-0.4, -0.2) is 59.0 Å². The number of nitrogens with one attached hydrogen (secondary N) is 1. The summed E-state index contributed by atoms with van der Waals surface area (Å²) in [7, 11) is 0. The van der Waals surface area contributed by atoms with Gasteiger partial charge in [-0.2, -0.15) is 0 Å². The van der Waals surface area contributed by atoms with Crippen molar-refractivity contribution in [3.05, 3.63) is 29.6 Å². The third-order valence-electron chi connectivity index (χ3n) is 6.31. The fourth-order valence-corrected chi connectivity index (χ4v) is 4.35. The number of aromatic nitrogens is 1. The minimum atomic E-state index is 0.211. The molecule has 27 heavy (non-hydrogen) atoms. The number of pyridine rings is 1. The zero-order chi connectivity index (χ0) is 19.2. The highest BCUT2D eigenvalue weighted by Crippen LogP contribution is 2.24. The summed E-state index contributed by atoms with van der Waals surface area (Å²) >= 11 is 0. The highest BCUT2D eigenvalue weighted by atomic mass is 16.1. The van der Waals surface area contributed by atoms with Gasteiger partial charge in [-0.15, -0.1) is 0 Å². The Kier molecular flexibility index (Phi) is 7.25. The first-order chi connectivity index (χ1) is 13.0. The van der Waals surface area contributed by atoms with Crippen molar-refractivity contribution in [2.24, 2.45) is 5.92 Å². The van der Waals surface area contributed by atoms with Crippen LogP contribution in [0.3, 0.4) is 0 Å². The van der Waals surface area contributed by atoms with Crippen molar-refractivity contribution in [1.82, 2.24) is 20.1 Å². The summed E-state index contributed by atoms with van der Waals surface area (Å²) in [6.07, 6.45) is 5.48. The number of nitrogens with zero attached hydrogens (tertiary/aromatic N) is 3. The van der Waals surface area contributed by atoms with E-state index in [2.05, 4.69) is 59.1 Å². The predicted octanol–water partition coefficient (Wildman–Crippen LogP) is 2.98. The van der Waals surface area contributed by atoms with Gasteiger partial charge in [-0.25, -0.2) is 0 Å². The number of likely N-dealkylation sites (tertiary alicyclic amines) is 2. The van der Waals surface area contributed by atoms with E-state index in [4.69, 9.17) is 0 Å². The molecule has 3 rings (SSSR count). The van der Waals surface area contributed by atoms with E-state index in [1.807, 2.05) is 0 Å². The number of amides is 1. The van der Waals surface area contributed by atoms with Gasteiger partial charge < -0.3 is 10.2 Å². The third-order valence-corrected chi connectivity index (χ3v) is 6.31. The number of rotatable bonds is 6. The highest BCUT2D eigenvalue weighted by Gasteiger charge is 2.30. The van der Waals surface area contributed by atoms with Gasteiger partial charge in [0, 0.05) is 43.3 Å². The van der Waals surface area contributed by atoms with Crippen LogP contribution >= 0.6 is 0 Å². The molecule has 2 aliphatic rings. The van der Waals surface area contributed by atoms with Crippen LogP contribution in [0.2, 0.25) is 0 Å². The summed E-state index contributed by atoms with van der Waals surface area (Å²) in [5.74, 6) is 0.479. The van der Waals surface area contributed by atoms with Gasteiger partial charge in [0.25, 0.3) is 0 Å². The molecule has 2 saturated heterocycles. The van der Waals surface area contributed by atoms with E-state index in [1.54, 1.807) is 0 Å². The second-order valence-corrected chi connectivity index (χ2v) is 8.41. The number of carbonyl (C=O) groups is 1.